The highest BCUT2D eigenvalue weighted by atomic mass is 32.2. The van der Waals surface area contributed by atoms with E-state index in [1.807, 2.05) is 18.2 Å². The van der Waals surface area contributed by atoms with Crippen molar-refractivity contribution in [3.05, 3.63) is 65.5 Å². The van der Waals surface area contributed by atoms with Crippen LogP contribution in [0.3, 0.4) is 0 Å². The van der Waals surface area contributed by atoms with Gasteiger partial charge in [-0.1, -0.05) is 30.3 Å². The van der Waals surface area contributed by atoms with Gasteiger partial charge in [-0.2, -0.15) is 0 Å². The Morgan fingerprint density at radius 1 is 1.11 bits per heavy atom. The lowest BCUT2D eigenvalue weighted by molar-refractivity contribution is 0.613. The molecule has 4 heteroatoms. The van der Waals surface area contributed by atoms with Crippen molar-refractivity contribution < 1.29 is 8.60 Å². The highest BCUT2D eigenvalue weighted by Gasteiger charge is 2.09. The van der Waals surface area contributed by atoms with Crippen molar-refractivity contribution in [3.8, 4) is 0 Å². The predicted molar refractivity (Wildman–Crippen MR) is 70.8 cm³/mol. The zero-order valence-electron chi connectivity index (χ0n) is 9.80. The third-order valence-corrected chi connectivity index (χ3v) is 4.02. The van der Waals surface area contributed by atoms with Crippen molar-refractivity contribution in [2.24, 2.45) is 5.73 Å². The van der Waals surface area contributed by atoms with Gasteiger partial charge in [0.25, 0.3) is 0 Å². The van der Waals surface area contributed by atoms with Gasteiger partial charge in [-0.3, -0.25) is 4.21 Å². The molecule has 0 heterocycles. The Morgan fingerprint density at radius 3 is 2.44 bits per heavy atom. The lowest BCUT2D eigenvalue weighted by Crippen LogP contribution is -2.02. The second-order valence-corrected chi connectivity index (χ2v) is 5.38. The zero-order chi connectivity index (χ0) is 13.0. The van der Waals surface area contributed by atoms with E-state index in [-0.39, 0.29) is 11.6 Å². The first-order valence-corrected chi connectivity index (χ1v) is 6.93. The van der Waals surface area contributed by atoms with Gasteiger partial charge >= 0.3 is 0 Å². The van der Waals surface area contributed by atoms with E-state index in [9.17, 15) is 8.60 Å². The van der Waals surface area contributed by atoms with Crippen LogP contribution in [0, 0.1) is 5.82 Å². The van der Waals surface area contributed by atoms with Crippen molar-refractivity contribution in [1.29, 1.82) is 0 Å². The van der Waals surface area contributed by atoms with Crippen LogP contribution in [0.25, 0.3) is 0 Å². The lowest BCUT2D eigenvalue weighted by Gasteiger charge is -2.05. The van der Waals surface area contributed by atoms with Gasteiger partial charge in [-0.05, 0) is 23.8 Å². The molecule has 0 saturated carbocycles. The van der Waals surface area contributed by atoms with Crippen molar-refractivity contribution in [1.82, 2.24) is 0 Å². The summed E-state index contributed by atoms with van der Waals surface area (Å²) >= 11 is 0. The molecule has 2 aromatic rings. The second kappa shape index (κ2) is 5.89. The first-order chi connectivity index (χ1) is 8.70. The number of hydrogen-bond donors (Lipinski definition) is 1. The van der Waals surface area contributed by atoms with Crippen LogP contribution >= 0.6 is 0 Å². The third-order valence-electron chi connectivity index (χ3n) is 2.65. The Balaban J connectivity index is 2.17. The summed E-state index contributed by atoms with van der Waals surface area (Å²) in [6, 6.07) is 13.9. The minimum atomic E-state index is -1.22. The molecule has 94 valence electrons. The SMILES string of the molecule is NCc1ccc(CS(=O)c2ccccc2)c(F)c1. The average Bonchev–Trinajstić information content (AvgIpc) is 2.42. The number of hydrogen-bond acceptors (Lipinski definition) is 2. The molecule has 0 amide bonds. The van der Waals surface area contributed by atoms with Crippen molar-refractivity contribution in [2.75, 3.05) is 0 Å². The van der Waals surface area contributed by atoms with Crippen LogP contribution in [-0.2, 0) is 23.1 Å². The maximum atomic E-state index is 13.7. The van der Waals surface area contributed by atoms with Gasteiger partial charge in [0.05, 0.1) is 16.6 Å². The molecule has 0 aromatic heterocycles. The Morgan fingerprint density at radius 2 is 1.83 bits per heavy atom. The molecule has 0 radical (unpaired) electrons. The van der Waals surface area contributed by atoms with E-state index < -0.39 is 10.8 Å². The monoisotopic (exact) mass is 263 g/mol. The molecule has 2 aromatic carbocycles. The molecule has 0 spiro atoms. The topological polar surface area (TPSA) is 43.1 Å². The fourth-order valence-corrected chi connectivity index (χ4v) is 2.78. The normalized spacial score (nSPS) is 12.3. The maximum Gasteiger partial charge on any atom is 0.127 e. The molecular formula is C14H14FNOS. The molecule has 0 bridgehead atoms. The van der Waals surface area contributed by atoms with Crippen LogP contribution in [0.1, 0.15) is 11.1 Å². The number of halogens is 1. The summed E-state index contributed by atoms with van der Waals surface area (Å²) in [6.07, 6.45) is 0. The van der Waals surface area contributed by atoms with E-state index >= 15 is 0 Å². The van der Waals surface area contributed by atoms with E-state index in [0.29, 0.717) is 17.0 Å². The van der Waals surface area contributed by atoms with Crippen LogP contribution in [0.15, 0.2) is 53.4 Å². The predicted octanol–water partition coefficient (Wildman–Crippen LogP) is 2.59. The molecule has 0 aliphatic rings. The Bertz CT molecular complexity index is 557. The van der Waals surface area contributed by atoms with E-state index in [1.54, 1.807) is 24.3 Å². The first-order valence-electron chi connectivity index (χ1n) is 5.61. The molecule has 2 N–H and O–H groups in total. The fraction of sp³-hybridized carbons (Fsp3) is 0.143. The average molecular weight is 263 g/mol. The molecule has 0 aliphatic heterocycles. The molecular weight excluding hydrogens is 249 g/mol. The highest BCUT2D eigenvalue weighted by molar-refractivity contribution is 7.84. The van der Waals surface area contributed by atoms with Gasteiger partial charge < -0.3 is 5.73 Å². The quantitative estimate of drug-likeness (QED) is 0.921. The van der Waals surface area contributed by atoms with Crippen LogP contribution in [0.4, 0.5) is 4.39 Å². The summed E-state index contributed by atoms with van der Waals surface area (Å²) in [5.41, 5.74) is 6.63. The van der Waals surface area contributed by atoms with E-state index in [1.165, 1.54) is 6.07 Å². The minimum absolute atomic E-state index is 0.181. The largest absolute Gasteiger partial charge is 0.326 e. The number of benzene rings is 2. The lowest BCUT2D eigenvalue weighted by atomic mass is 10.1. The molecule has 0 aliphatic carbocycles. The summed E-state index contributed by atoms with van der Waals surface area (Å²) in [5, 5.41) is 0. The highest BCUT2D eigenvalue weighted by Crippen LogP contribution is 2.16. The van der Waals surface area contributed by atoms with Gasteiger partial charge in [-0.25, -0.2) is 4.39 Å². The summed E-state index contributed by atoms with van der Waals surface area (Å²) in [7, 11) is -1.22. The van der Waals surface area contributed by atoms with E-state index in [0.717, 1.165) is 5.56 Å². The molecule has 1 atom stereocenters. The Hall–Kier alpha value is -1.52. The van der Waals surface area contributed by atoms with Crippen LogP contribution in [0.2, 0.25) is 0 Å². The molecule has 18 heavy (non-hydrogen) atoms. The molecule has 0 fully saturated rings. The smallest absolute Gasteiger partial charge is 0.127 e. The first kappa shape index (κ1) is 12.9. The fourth-order valence-electron chi connectivity index (χ4n) is 1.63. The van der Waals surface area contributed by atoms with Gasteiger partial charge in [0.15, 0.2) is 0 Å². The van der Waals surface area contributed by atoms with Gasteiger partial charge in [0.1, 0.15) is 5.82 Å². The number of nitrogens with two attached hydrogens (primary N) is 1. The standard InChI is InChI=1S/C14H14FNOS/c15-14-8-11(9-16)6-7-12(14)10-18(17)13-4-2-1-3-5-13/h1-8H,9-10,16H2. The third kappa shape index (κ3) is 3.03. The summed E-state index contributed by atoms with van der Waals surface area (Å²) in [5.74, 6) is -0.164. The molecule has 1 unspecified atom stereocenters. The van der Waals surface area contributed by atoms with E-state index in [4.69, 9.17) is 5.73 Å². The van der Waals surface area contributed by atoms with Crippen LogP contribution < -0.4 is 5.73 Å². The summed E-state index contributed by atoms with van der Waals surface area (Å²) < 4.78 is 25.8. The molecule has 2 rings (SSSR count). The van der Waals surface area contributed by atoms with Crippen molar-refractivity contribution in [3.63, 3.8) is 0 Å². The van der Waals surface area contributed by atoms with Gasteiger partial charge in [0.2, 0.25) is 0 Å². The summed E-state index contributed by atoms with van der Waals surface area (Å²) in [4.78, 5) is 0.708. The maximum absolute atomic E-state index is 13.7. The van der Waals surface area contributed by atoms with Gasteiger partial charge in [0, 0.05) is 17.0 Å². The molecule has 0 saturated heterocycles. The van der Waals surface area contributed by atoms with E-state index in [2.05, 4.69) is 0 Å². The second-order valence-electron chi connectivity index (χ2n) is 3.93. The number of rotatable bonds is 4. The van der Waals surface area contributed by atoms with Crippen LogP contribution in [-0.4, -0.2) is 4.21 Å². The van der Waals surface area contributed by atoms with Gasteiger partial charge in [-0.15, -0.1) is 0 Å². The Kier molecular flexibility index (Phi) is 4.23. The Labute approximate surface area is 108 Å². The minimum Gasteiger partial charge on any atom is -0.326 e. The van der Waals surface area contributed by atoms with Crippen molar-refractivity contribution >= 4 is 10.8 Å². The molecule has 2 nitrogen and oxygen atoms in total. The van der Waals surface area contributed by atoms with Crippen molar-refractivity contribution in [2.45, 2.75) is 17.2 Å². The summed E-state index contributed by atoms with van der Waals surface area (Å²) in [6.45, 7) is 0.305. The van der Waals surface area contributed by atoms with Crippen LogP contribution in [0.5, 0.6) is 0 Å². The zero-order valence-corrected chi connectivity index (χ0v) is 10.6.